The van der Waals surface area contributed by atoms with Crippen molar-refractivity contribution in [2.75, 3.05) is 4.90 Å². The number of nitrogens with one attached hydrogen (secondary N) is 1. The monoisotopic (exact) mass is 477 g/mol. The summed E-state index contributed by atoms with van der Waals surface area (Å²) < 4.78 is 3.20. The molecule has 2 amide bonds. The summed E-state index contributed by atoms with van der Waals surface area (Å²) in [5, 5.41) is 3.35. The van der Waals surface area contributed by atoms with Crippen molar-refractivity contribution in [1.29, 1.82) is 0 Å². The average molecular weight is 478 g/mol. The molecule has 0 saturated heterocycles. The van der Waals surface area contributed by atoms with Crippen molar-refractivity contribution < 1.29 is 9.59 Å². The largest absolute Gasteiger partial charge is 0.351 e. The third kappa shape index (κ3) is 3.67. The number of nitrogens with zero attached hydrogens (tertiary/aromatic N) is 2. The van der Waals surface area contributed by atoms with Crippen molar-refractivity contribution in [3.8, 4) is 0 Å². The summed E-state index contributed by atoms with van der Waals surface area (Å²) in [4.78, 5) is 31.2. The lowest BCUT2D eigenvalue weighted by Gasteiger charge is -2.45. The van der Waals surface area contributed by atoms with Gasteiger partial charge >= 0.3 is 0 Å². The Kier molecular flexibility index (Phi) is 5.83. The Hall–Kier alpha value is -2.60. The van der Waals surface area contributed by atoms with E-state index in [0.717, 1.165) is 59.1 Å². The number of anilines is 1. The molecule has 1 fully saturated rings. The van der Waals surface area contributed by atoms with E-state index < -0.39 is 5.54 Å². The van der Waals surface area contributed by atoms with Crippen LogP contribution in [-0.2, 0) is 17.8 Å². The second-order valence-electron chi connectivity index (χ2n) is 10.5. The van der Waals surface area contributed by atoms with Gasteiger partial charge in [0.2, 0.25) is 5.91 Å². The average Bonchev–Trinajstić information content (AvgIpc) is 3.36. The zero-order valence-electron chi connectivity index (χ0n) is 20.9. The number of rotatable bonds is 4. The summed E-state index contributed by atoms with van der Waals surface area (Å²) in [5.41, 5.74) is 3.69. The van der Waals surface area contributed by atoms with E-state index >= 15 is 0 Å². The fourth-order valence-electron chi connectivity index (χ4n) is 5.60. The summed E-state index contributed by atoms with van der Waals surface area (Å²) in [6.45, 7) is 10.9. The molecule has 5 nitrogen and oxygen atoms in total. The Morgan fingerprint density at radius 2 is 1.91 bits per heavy atom. The maximum Gasteiger partial charge on any atom is 0.275 e. The Morgan fingerprint density at radius 3 is 2.62 bits per heavy atom. The Balaban J connectivity index is 1.60. The summed E-state index contributed by atoms with van der Waals surface area (Å²) >= 11 is 1.74. The molecule has 1 N–H and O–H groups in total. The lowest BCUT2D eigenvalue weighted by Crippen LogP contribution is -2.65. The van der Waals surface area contributed by atoms with E-state index in [2.05, 4.69) is 42.8 Å². The van der Waals surface area contributed by atoms with Gasteiger partial charge in [0, 0.05) is 16.6 Å². The first-order valence-corrected chi connectivity index (χ1v) is 13.4. The topological polar surface area (TPSA) is 54.3 Å². The molecular weight excluding hydrogens is 442 g/mol. The molecule has 0 unspecified atom stereocenters. The van der Waals surface area contributed by atoms with Crippen LogP contribution in [0.4, 0.5) is 5.69 Å². The van der Waals surface area contributed by atoms with E-state index in [1.807, 2.05) is 32.0 Å². The third-order valence-electron chi connectivity index (χ3n) is 8.03. The van der Waals surface area contributed by atoms with Crippen molar-refractivity contribution in [3.05, 3.63) is 52.0 Å². The van der Waals surface area contributed by atoms with Crippen molar-refractivity contribution >= 4 is 39.1 Å². The van der Waals surface area contributed by atoms with Gasteiger partial charge in [-0.3, -0.25) is 14.5 Å². The van der Waals surface area contributed by atoms with Crippen LogP contribution < -0.4 is 10.2 Å². The molecule has 1 saturated carbocycles. The van der Waals surface area contributed by atoms with Crippen molar-refractivity contribution in [3.63, 3.8) is 0 Å². The quantitative estimate of drug-likeness (QED) is 0.501. The molecule has 3 heterocycles. The van der Waals surface area contributed by atoms with E-state index in [0.29, 0.717) is 18.2 Å². The third-order valence-corrected chi connectivity index (χ3v) is 9.24. The molecule has 2 aromatic heterocycles. The number of hydrogen-bond donors (Lipinski definition) is 1. The van der Waals surface area contributed by atoms with E-state index in [1.54, 1.807) is 16.2 Å². The highest BCUT2D eigenvalue weighted by atomic mass is 32.1. The molecule has 2 aliphatic rings. The van der Waals surface area contributed by atoms with Gasteiger partial charge in [0.15, 0.2) is 0 Å². The highest BCUT2D eigenvalue weighted by Gasteiger charge is 2.49. The number of thiophene rings is 1. The van der Waals surface area contributed by atoms with Gasteiger partial charge in [-0.25, -0.2) is 0 Å². The molecule has 1 aliphatic heterocycles. The van der Waals surface area contributed by atoms with Crippen LogP contribution in [0.1, 0.15) is 72.9 Å². The van der Waals surface area contributed by atoms with Gasteiger partial charge in [0.25, 0.3) is 5.91 Å². The molecule has 34 heavy (non-hydrogen) atoms. The van der Waals surface area contributed by atoms with Crippen molar-refractivity contribution in [2.45, 2.75) is 84.8 Å². The normalized spacial score (nSPS) is 25.0. The van der Waals surface area contributed by atoms with Crippen LogP contribution in [0.2, 0.25) is 0 Å². The fraction of sp³-hybridized carbons (Fsp3) is 0.500. The Morgan fingerprint density at radius 1 is 1.18 bits per heavy atom. The number of carbonyl (C=O) groups excluding carboxylic acids is 2. The van der Waals surface area contributed by atoms with Crippen LogP contribution in [0, 0.1) is 19.8 Å². The first kappa shape index (κ1) is 23.2. The number of fused-ring (bicyclic) bond motifs is 3. The Labute approximate surface area is 206 Å². The summed E-state index contributed by atoms with van der Waals surface area (Å²) in [6, 6.07) is 10.4. The molecule has 3 aromatic rings. The molecular formula is C28H35N3O2S. The van der Waals surface area contributed by atoms with Crippen molar-refractivity contribution in [1.82, 2.24) is 9.88 Å². The molecule has 1 atom stereocenters. The first-order chi connectivity index (χ1) is 16.2. The highest BCUT2D eigenvalue weighted by molar-refractivity contribution is 7.19. The predicted octanol–water partition coefficient (Wildman–Crippen LogP) is 6.00. The zero-order valence-corrected chi connectivity index (χ0v) is 21.7. The van der Waals surface area contributed by atoms with Crippen LogP contribution in [0.5, 0.6) is 0 Å². The molecule has 6 heteroatoms. The van der Waals surface area contributed by atoms with Crippen LogP contribution >= 0.6 is 11.3 Å². The molecule has 0 bridgehead atoms. The van der Waals surface area contributed by atoms with E-state index in [4.69, 9.17) is 0 Å². The molecule has 0 spiro atoms. The standard InChI is InChI=1S/C28H35N3O2S/c1-6-21-14-23-25(34-21)15-24-26(32)31(22-9-7-8-18(3)19(22)4)28(5,16-30(23)24)27(33)29-20-12-10-17(2)11-13-20/h7-9,14-15,17,20H,6,10-13,16H2,1-5H3,(H,29,33)/t17?,20?,28-/m0/s1. The summed E-state index contributed by atoms with van der Waals surface area (Å²) in [7, 11) is 0. The van der Waals surface area contributed by atoms with E-state index in [-0.39, 0.29) is 17.9 Å². The molecule has 180 valence electrons. The minimum absolute atomic E-state index is 0.0558. The van der Waals surface area contributed by atoms with Crippen LogP contribution in [0.25, 0.3) is 10.2 Å². The fourth-order valence-corrected chi connectivity index (χ4v) is 6.65. The molecule has 5 rings (SSSR count). The number of carbonyl (C=O) groups is 2. The van der Waals surface area contributed by atoms with E-state index in [9.17, 15) is 9.59 Å². The number of amides is 2. The lowest BCUT2D eigenvalue weighted by molar-refractivity contribution is -0.127. The van der Waals surface area contributed by atoms with Crippen LogP contribution in [0.3, 0.4) is 0 Å². The number of aryl methyl sites for hydroxylation is 2. The maximum atomic E-state index is 14.1. The van der Waals surface area contributed by atoms with Crippen LogP contribution in [-0.4, -0.2) is 28.0 Å². The lowest BCUT2D eigenvalue weighted by atomic mass is 9.86. The maximum absolute atomic E-state index is 14.1. The molecule has 1 aromatic carbocycles. The summed E-state index contributed by atoms with van der Waals surface area (Å²) in [5.74, 6) is 0.560. The Bertz CT molecular complexity index is 1260. The molecule has 0 radical (unpaired) electrons. The minimum Gasteiger partial charge on any atom is -0.351 e. The smallest absolute Gasteiger partial charge is 0.275 e. The number of benzene rings is 1. The minimum atomic E-state index is -1.02. The SMILES string of the molecule is CCc1cc2c(cc3n2C[C@@](C)(C(=O)NC2CCC(C)CC2)N(c2cccc(C)c2C)C3=O)s1. The van der Waals surface area contributed by atoms with Gasteiger partial charge in [-0.05, 0) is 88.1 Å². The van der Waals surface area contributed by atoms with Gasteiger partial charge in [-0.15, -0.1) is 11.3 Å². The van der Waals surface area contributed by atoms with Gasteiger partial charge in [0.1, 0.15) is 11.2 Å². The summed E-state index contributed by atoms with van der Waals surface area (Å²) in [6.07, 6.45) is 5.25. The second-order valence-corrected chi connectivity index (χ2v) is 11.7. The van der Waals surface area contributed by atoms with Gasteiger partial charge < -0.3 is 9.88 Å². The predicted molar refractivity (Wildman–Crippen MR) is 140 cm³/mol. The first-order valence-electron chi connectivity index (χ1n) is 12.6. The highest BCUT2D eigenvalue weighted by Crippen LogP contribution is 2.40. The van der Waals surface area contributed by atoms with E-state index in [1.165, 1.54) is 4.88 Å². The molecule has 1 aliphatic carbocycles. The van der Waals surface area contributed by atoms with Gasteiger partial charge in [0.05, 0.1) is 16.8 Å². The number of aromatic nitrogens is 1. The van der Waals surface area contributed by atoms with Gasteiger partial charge in [-0.1, -0.05) is 26.0 Å². The second kappa shape index (κ2) is 8.56. The number of hydrogen-bond acceptors (Lipinski definition) is 3. The van der Waals surface area contributed by atoms with Gasteiger partial charge in [-0.2, -0.15) is 0 Å². The zero-order chi connectivity index (χ0) is 24.2. The van der Waals surface area contributed by atoms with Crippen molar-refractivity contribution in [2.24, 2.45) is 5.92 Å². The van der Waals surface area contributed by atoms with Crippen LogP contribution in [0.15, 0.2) is 30.3 Å².